The van der Waals surface area contributed by atoms with Crippen LogP contribution in [0.15, 0.2) is 18.3 Å². The van der Waals surface area contributed by atoms with Gasteiger partial charge in [0.2, 0.25) is 0 Å². The minimum absolute atomic E-state index is 0.233. The molecule has 0 aliphatic rings. The van der Waals surface area contributed by atoms with E-state index in [1.165, 1.54) is 16.8 Å². The molecule has 0 saturated heterocycles. The predicted octanol–water partition coefficient (Wildman–Crippen LogP) is 4.75. The van der Waals surface area contributed by atoms with E-state index in [1.807, 2.05) is 0 Å². The molecule has 0 aromatic carbocycles. The average molecular weight is 450 g/mol. The molecule has 2 heterocycles. The predicted molar refractivity (Wildman–Crippen MR) is 118 cm³/mol. The first-order valence-corrected chi connectivity index (χ1v) is 10.1. The highest BCUT2D eigenvalue weighted by Gasteiger charge is 2.35. The summed E-state index contributed by atoms with van der Waals surface area (Å²) in [6.45, 7) is 15.3. The quantitative estimate of drug-likeness (QED) is 0.651. The standard InChI is InChI=1S/C21H31N5O6/c1-19(2,3)30-16(27)22-13-10-11-25-14(12-13)23-15(24-25)26(17(28)31-20(4,5)6)18(29)32-21(7,8)9/h10-12H,1-9H3,(H,22,27). The molecule has 0 fully saturated rings. The van der Waals surface area contributed by atoms with Crippen molar-refractivity contribution in [3.63, 3.8) is 0 Å². The van der Waals surface area contributed by atoms with Crippen molar-refractivity contribution in [3.8, 4) is 0 Å². The second-order valence-corrected chi connectivity index (χ2v) is 10.1. The maximum absolute atomic E-state index is 12.7. The molecule has 2 aromatic heterocycles. The lowest BCUT2D eigenvalue weighted by atomic mass is 10.2. The zero-order valence-corrected chi connectivity index (χ0v) is 20.0. The zero-order valence-electron chi connectivity index (χ0n) is 20.0. The molecule has 32 heavy (non-hydrogen) atoms. The largest absolute Gasteiger partial charge is 0.444 e. The van der Waals surface area contributed by atoms with Gasteiger partial charge in [-0.15, -0.1) is 10.00 Å². The lowest BCUT2D eigenvalue weighted by Gasteiger charge is -2.26. The van der Waals surface area contributed by atoms with Crippen LogP contribution < -0.4 is 10.2 Å². The number of anilines is 2. The molecule has 0 atom stereocenters. The maximum Gasteiger partial charge on any atom is 0.427 e. The van der Waals surface area contributed by atoms with Crippen molar-refractivity contribution < 1.29 is 28.6 Å². The van der Waals surface area contributed by atoms with E-state index in [4.69, 9.17) is 14.2 Å². The van der Waals surface area contributed by atoms with Crippen LogP contribution in [0.2, 0.25) is 0 Å². The summed E-state index contributed by atoms with van der Waals surface area (Å²) in [5.41, 5.74) is -1.71. The fourth-order valence-corrected chi connectivity index (χ4v) is 2.32. The molecule has 0 radical (unpaired) electrons. The molecule has 11 nitrogen and oxygen atoms in total. The third-order valence-electron chi connectivity index (χ3n) is 3.32. The number of carbonyl (C=O) groups is 3. The summed E-state index contributed by atoms with van der Waals surface area (Å²) in [4.78, 5) is 42.4. The van der Waals surface area contributed by atoms with Crippen molar-refractivity contribution in [2.45, 2.75) is 79.1 Å². The van der Waals surface area contributed by atoms with Gasteiger partial charge in [-0.1, -0.05) is 0 Å². The van der Waals surface area contributed by atoms with E-state index < -0.39 is 35.1 Å². The molecule has 0 aliphatic carbocycles. The van der Waals surface area contributed by atoms with Gasteiger partial charge in [0.05, 0.1) is 0 Å². The molecular weight excluding hydrogens is 418 g/mol. The second kappa shape index (κ2) is 8.64. The molecule has 1 N–H and O–H groups in total. The third-order valence-corrected chi connectivity index (χ3v) is 3.32. The van der Waals surface area contributed by atoms with Crippen molar-refractivity contribution in [2.75, 3.05) is 10.2 Å². The summed E-state index contributed by atoms with van der Waals surface area (Å²) < 4.78 is 17.2. The number of rotatable bonds is 2. The Labute approximate surface area is 187 Å². The number of pyridine rings is 1. The van der Waals surface area contributed by atoms with Crippen LogP contribution in [-0.4, -0.2) is 49.7 Å². The smallest absolute Gasteiger partial charge is 0.427 e. The Morgan fingerprint density at radius 1 is 0.875 bits per heavy atom. The summed E-state index contributed by atoms with van der Waals surface area (Å²) in [6, 6.07) is 3.09. The number of nitrogens with one attached hydrogen (secondary N) is 1. The van der Waals surface area contributed by atoms with Crippen molar-refractivity contribution in [3.05, 3.63) is 18.3 Å². The number of nitrogens with zero attached hydrogens (tertiary/aromatic N) is 4. The highest BCUT2D eigenvalue weighted by atomic mass is 16.6. The summed E-state index contributed by atoms with van der Waals surface area (Å²) in [6.07, 6.45) is -1.07. The molecule has 0 saturated carbocycles. The van der Waals surface area contributed by atoms with E-state index in [1.54, 1.807) is 68.4 Å². The van der Waals surface area contributed by atoms with Crippen LogP contribution in [0.3, 0.4) is 0 Å². The number of amides is 3. The number of imide groups is 1. The Hall–Kier alpha value is -3.37. The van der Waals surface area contributed by atoms with E-state index in [2.05, 4.69) is 15.4 Å². The van der Waals surface area contributed by atoms with Crippen molar-refractivity contribution in [2.24, 2.45) is 0 Å². The van der Waals surface area contributed by atoms with Crippen LogP contribution >= 0.6 is 0 Å². The van der Waals surface area contributed by atoms with Gasteiger partial charge >= 0.3 is 18.3 Å². The molecule has 3 amide bonds. The number of aromatic nitrogens is 3. The minimum Gasteiger partial charge on any atom is -0.444 e. The number of ether oxygens (including phenoxy) is 3. The second-order valence-electron chi connectivity index (χ2n) is 10.1. The number of hydrogen-bond acceptors (Lipinski definition) is 8. The summed E-state index contributed by atoms with van der Waals surface area (Å²) >= 11 is 0. The summed E-state index contributed by atoms with van der Waals surface area (Å²) in [7, 11) is 0. The maximum atomic E-state index is 12.7. The molecule has 2 aromatic rings. The Balaban J connectivity index is 2.37. The molecule has 0 unspecified atom stereocenters. The van der Waals surface area contributed by atoms with Crippen LogP contribution in [0.1, 0.15) is 62.3 Å². The highest BCUT2D eigenvalue weighted by Crippen LogP contribution is 2.21. The lowest BCUT2D eigenvalue weighted by Crippen LogP contribution is -2.44. The molecule has 2 rings (SSSR count). The topological polar surface area (TPSA) is 124 Å². The Kier molecular flexibility index (Phi) is 6.72. The van der Waals surface area contributed by atoms with E-state index in [0.29, 0.717) is 10.6 Å². The Bertz CT molecular complexity index is 982. The Morgan fingerprint density at radius 2 is 1.38 bits per heavy atom. The monoisotopic (exact) mass is 449 g/mol. The SMILES string of the molecule is CC(C)(C)OC(=O)Nc1ccn2nc(N(C(=O)OC(C)(C)C)C(=O)OC(C)(C)C)nc2c1. The summed E-state index contributed by atoms with van der Waals surface area (Å²) in [5.74, 6) is -0.233. The average Bonchev–Trinajstić information content (AvgIpc) is 2.91. The van der Waals surface area contributed by atoms with E-state index in [9.17, 15) is 14.4 Å². The fraction of sp³-hybridized carbons (Fsp3) is 0.571. The molecular formula is C21H31N5O6. The number of fused-ring (bicyclic) bond motifs is 1. The molecule has 0 aliphatic heterocycles. The van der Waals surface area contributed by atoms with Crippen molar-refractivity contribution in [1.29, 1.82) is 0 Å². The zero-order chi connectivity index (χ0) is 24.5. The molecule has 11 heteroatoms. The molecule has 0 bridgehead atoms. The van der Waals surface area contributed by atoms with Crippen molar-refractivity contribution >= 4 is 35.6 Å². The van der Waals surface area contributed by atoms with Crippen molar-refractivity contribution in [1.82, 2.24) is 14.6 Å². The van der Waals surface area contributed by atoms with Crippen LogP contribution in [0.25, 0.3) is 5.65 Å². The number of hydrogen-bond donors (Lipinski definition) is 1. The highest BCUT2D eigenvalue weighted by molar-refractivity contribution is 6.08. The van der Waals surface area contributed by atoms with Crippen LogP contribution in [0.5, 0.6) is 0 Å². The van der Waals surface area contributed by atoms with Gasteiger partial charge in [-0.3, -0.25) is 5.32 Å². The number of carbonyl (C=O) groups excluding carboxylic acids is 3. The molecule has 0 spiro atoms. The fourth-order valence-electron chi connectivity index (χ4n) is 2.32. The van der Waals surface area contributed by atoms with Gasteiger partial charge in [-0.2, -0.15) is 4.98 Å². The van der Waals surface area contributed by atoms with Crippen LogP contribution in [0.4, 0.5) is 26.0 Å². The van der Waals surface area contributed by atoms with Gasteiger partial charge in [-0.25, -0.2) is 18.9 Å². The third kappa shape index (κ3) is 7.40. The van der Waals surface area contributed by atoms with Crippen LogP contribution in [-0.2, 0) is 14.2 Å². The van der Waals surface area contributed by atoms with Gasteiger partial charge in [-0.05, 0) is 68.4 Å². The van der Waals surface area contributed by atoms with Gasteiger partial charge in [0.15, 0.2) is 5.65 Å². The van der Waals surface area contributed by atoms with Gasteiger partial charge in [0.25, 0.3) is 5.95 Å². The van der Waals surface area contributed by atoms with Gasteiger partial charge in [0, 0.05) is 18.0 Å². The van der Waals surface area contributed by atoms with Gasteiger partial charge < -0.3 is 14.2 Å². The Morgan fingerprint density at radius 3 is 1.84 bits per heavy atom. The van der Waals surface area contributed by atoms with E-state index >= 15 is 0 Å². The normalized spacial score (nSPS) is 12.3. The lowest BCUT2D eigenvalue weighted by molar-refractivity contribution is 0.0426. The van der Waals surface area contributed by atoms with Crippen LogP contribution in [0, 0.1) is 0 Å². The summed E-state index contributed by atoms with van der Waals surface area (Å²) in [5, 5.41) is 6.78. The first-order chi connectivity index (χ1) is 14.4. The van der Waals surface area contributed by atoms with E-state index in [-0.39, 0.29) is 11.6 Å². The first-order valence-electron chi connectivity index (χ1n) is 10.1. The molecule has 176 valence electrons. The van der Waals surface area contributed by atoms with E-state index in [0.717, 1.165) is 0 Å². The van der Waals surface area contributed by atoms with Gasteiger partial charge in [0.1, 0.15) is 16.8 Å². The first kappa shape index (κ1) is 24.9. The minimum atomic E-state index is -0.977.